The fourth-order valence-electron chi connectivity index (χ4n) is 1.34. The molecule has 68 valence electrons. The summed E-state index contributed by atoms with van der Waals surface area (Å²) in [6.07, 6.45) is 0. The Bertz CT molecular complexity index is 450. The maximum Gasteiger partial charge on any atom is 0.124 e. The molecule has 0 atom stereocenters. The van der Waals surface area contributed by atoms with E-state index in [2.05, 4.69) is 20.9 Å². The summed E-state index contributed by atoms with van der Waals surface area (Å²) in [6, 6.07) is 6.02. The largest absolute Gasteiger partial charge is 0.330 e. The van der Waals surface area contributed by atoms with E-state index in [1.165, 1.54) is 0 Å². The van der Waals surface area contributed by atoms with Crippen molar-refractivity contribution in [2.24, 2.45) is 7.05 Å². The van der Waals surface area contributed by atoms with E-state index in [9.17, 15) is 0 Å². The van der Waals surface area contributed by atoms with Crippen molar-refractivity contribution >= 4 is 38.6 Å². The molecule has 0 aliphatic carbocycles. The van der Waals surface area contributed by atoms with E-state index in [4.69, 9.17) is 11.6 Å². The van der Waals surface area contributed by atoms with E-state index >= 15 is 0 Å². The topological polar surface area (TPSA) is 17.8 Å². The van der Waals surface area contributed by atoms with Crippen molar-refractivity contribution in [3.8, 4) is 0 Å². The van der Waals surface area contributed by atoms with Crippen LogP contribution in [0.3, 0.4) is 0 Å². The zero-order valence-electron chi connectivity index (χ0n) is 7.09. The summed E-state index contributed by atoms with van der Waals surface area (Å²) in [5.74, 6) is 1.35. The molecule has 0 aliphatic heterocycles. The lowest BCUT2D eigenvalue weighted by molar-refractivity contribution is 0.874. The Hall–Kier alpha value is -0.540. The lowest BCUT2D eigenvalue weighted by Gasteiger charge is -1.96. The van der Waals surface area contributed by atoms with Crippen LogP contribution in [0.4, 0.5) is 0 Å². The second-order valence-corrected chi connectivity index (χ2v) is 4.04. The van der Waals surface area contributed by atoms with E-state index in [1.807, 2.05) is 29.8 Å². The fourth-order valence-corrected chi connectivity index (χ4v) is 1.93. The molecule has 0 unspecified atom stereocenters. The molecule has 0 N–H and O–H groups in total. The number of hydrogen-bond acceptors (Lipinski definition) is 1. The van der Waals surface area contributed by atoms with Gasteiger partial charge in [-0.1, -0.05) is 15.9 Å². The number of benzene rings is 1. The van der Waals surface area contributed by atoms with Crippen LogP contribution in [0.2, 0.25) is 0 Å². The van der Waals surface area contributed by atoms with Crippen LogP contribution in [-0.4, -0.2) is 9.55 Å². The van der Waals surface area contributed by atoms with Gasteiger partial charge in [-0.05, 0) is 18.2 Å². The maximum absolute atomic E-state index is 5.75. The van der Waals surface area contributed by atoms with Gasteiger partial charge in [0.05, 0.1) is 16.9 Å². The Balaban J connectivity index is 2.76. The van der Waals surface area contributed by atoms with Gasteiger partial charge in [0.15, 0.2) is 0 Å². The fraction of sp³-hybridized carbons (Fsp3) is 0.222. The van der Waals surface area contributed by atoms with Gasteiger partial charge in [-0.2, -0.15) is 0 Å². The molecule has 13 heavy (non-hydrogen) atoms. The third kappa shape index (κ3) is 1.46. The molecule has 0 fully saturated rings. The van der Waals surface area contributed by atoms with Gasteiger partial charge in [0, 0.05) is 11.5 Å². The minimum Gasteiger partial charge on any atom is -0.330 e. The Morgan fingerprint density at radius 1 is 1.54 bits per heavy atom. The van der Waals surface area contributed by atoms with Crippen LogP contribution in [0.15, 0.2) is 22.7 Å². The molecule has 0 amide bonds. The average molecular weight is 260 g/mol. The molecular weight excluding hydrogens is 251 g/mol. The van der Waals surface area contributed by atoms with Crippen LogP contribution in [-0.2, 0) is 12.9 Å². The third-order valence-corrected chi connectivity index (χ3v) is 2.79. The standard InChI is InChI=1S/C9H8BrClN2/c1-13-8-3-2-6(10)4-7(8)12-9(13)5-11/h2-4H,5H2,1H3. The van der Waals surface area contributed by atoms with Crippen LogP contribution in [0.5, 0.6) is 0 Å². The second kappa shape index (κ2) is 3.31. The molecule has 1 heterocycles. The first kappa shape index (κ1) is 9.03. The van der Waals surface area contributed by atoms with Crippen molar-refractivity contribution in [2.75, 3.05) is 0 Å². The Labute approximate surface area is 89.7 Å². The number of imidazole rings is 1. The number of hydrogen-bond donors (Lipinski definition) is 0. The molecule has 2 aromatic rings. The number of alkyl halides is 1. The Kier molecular flexibility index (Phi) is 2.30. The molecular formula is C9H8BrClN2. The quantitative estimate of drug-likeness (QED) is 0.720. The van der Waals surface area contributed by atoms with E-state index in [0.717, 1.165) is 21.3 Å². The number of fused-ring (bicyclic) bond motifs is 1. The predicted octanol–water partition coefficient (Wildman–Crippen LogP) is 3.07. The van der Waals surface area contributed by atoms with Gasteiger partial charge in [0.1, 0.15) is 5.82 Å². The molecule has 2 rings (SSSR count). The Morgan fingerprint density at radius 2 is 2.31 bits per heavy atom. The van der Waals surface area contributed by atoms with Gasteiger partial charge in [-0.3, -0.25) is 0 Å². The normalized spacial score (nSPS) is 11.0. The molecule has 1 aromatic carbocycles. The average Bonchev–Trinajstić information content (AvgIpc) is 2.42. The highest BCUT2D eigenvalue weighted by atomic mass is 79.9. The number of halogens is 2. The van der Waals surface area contributed by atoms with E-state index in [0.29, 0.717) is 5.88 Å². The smallest absolute Gasteiger partial charge is 0.124 e. The second-order valence-electron chi connectivity index (χ2n) is 2.85. The zero-order valence-corrected chi connectivity index (χ0v) is 9.43. The molecule has 0 saturated carbocycles. The summed E-state index contributed by atoms with van der Waals surface area (Å²) >= 11 is 9.15. The molecule has 0 saturated heterocycles. The van der Waals surface area contributed by atoms with Crippen molar-refractivity contribution in [1.29, 1.82) is 0 Å². The van der Waals surface area contributed by atoms with Crippen LogP contribution in [0.1, 0.15) is 5.82 Å². The molecule has 4 heteroatoms. The summed E-state index contributed by atoms with van der Waals surface area (Å²) < 4.78 is 3.05. The summed E-state index contributed by atoms with van der Waals surface area (Å²) in [6.45, 7) is 0. The first-order valence-corrected chi connectivity index (χ1v) is 5.22. The molecule has 0 radical (unpaired) electrons. The van der Waals surface area contributed by atoms with E-state index in [1.54, 1.807) is 0 Å². The van der Waals surface area contributed by atoms with Gasteiger partial charge in [-0.15, -0.1) is 11.6 Å². The summed E-state index contributed by atoms with van der Waals surface area (Å²) in [5.41, 5.74) is 2.09. The molecule has 1 aromatic heterocycles. The highest BCUT2D eigenvalue weighted by molar-refractivity contribution is 9.10. The van der Waals surface area contributed by atoms with Gasteiger partial charge in [0.25, 0.3) is 0 Å². The molecule has 0 spiro atoms. The number of rotatable bonds is 1. The van der Waals surface area contributed by atoms with Crippen molar-refractivity contribution < 1.29 is 0 Å². The van der Waals surface area contributed by atoms with Crippen molar-refractivity contribution in [3.05, 3.63) is 28.5 Å². The van der Waals surface area contributed by atoms with Gasteiger partial charge in [0.2, 0.25) is 0 Å². The zero-order chi connectivity index (χ0) is 9.42. The minimum absolute atomic E-state index is 0.447. The van der Waals surface area contributed by atoms with Crippen molar-refractivity contribution in [2.45, 2.75) is 5.88 Å². The van der Waals surface area contributed by atoms with Crippen LogP contribution in [0.25, 0.3) is 11.0 Å². The van der Waals surface area contributed by atoms with Crippen molar-refractivity contribution in [3.63, 3.8) is 0 Å². The molecule has 0 aliphatic rings. The van der Waals surface area contributed by atoms with Crippen molar-refractivity contribution in [1.82, 2.24) is 9.55 Å². The van der Waals surface area contributed by atoms with E-state index in [-0.39, 0.29) is 0 Å². The highest BCUT2D eigenvalue weighted by Gasteiger charge is 2.05. The SMILES string of the molecule is Cn1c(CCl)nc2cc(Br)ccc21. The monoisotopic (exact) mass is 258 g/mol. The first-order valence-electron chi connectivity index (χ1n) is 3.89. The number of aromatic nitrogens is 2. The lowest BCUT2D eigenvalue weighted by atomic mass is 10.3. The summed E-state index contributed by atoms with van der Waals surface area (Å²) in [5, 5.41) is 0. The third-order valence-electron chi connectivity index (χ3n) is 2.06. The van der Waals surface area contributed by atoms with Crippen LogP contribution in [0, 0.1) is 0 Å². The van der Waals surface area contributed by atoms with Crippen LogP contribution >= 0.6 is 27.5 Å². The Morgan fingerprint density at radius 3 is 3.00 bits per heavy atom. The van der Waals surface area contributed by atoms with Gasteiger partial charge >= 0.3 is 0 Å². The number of aryl methyl sites for hydroxylation is 1. The van der Waals surface area contributed by atoms with E-state index < -0.39 is 0 Å². The minimum atomic E-state index is 0.447. The molecule has 2 nitrogen and oxygen atoms in total. The van der Waals surface area contributed by atoms with Gasteiger partial charge in [-0.25, -0.2) is 4.98 Å². The summed E-state index contributed by atoms with van der Waals surface area (Å²) in [7, 11) is 1.97. The highest BCUT2D eigenvalue weighted by Crippen LogP contribution is 2.20. The first-order chi connectivity index (χ1) is 6.22. The van der Waals surface area contributed by atoms with Crippen LogP contribution < -0.4 is 0 Å². The molecule has 0 bridgehead atoms. The van der Waals surface area contributed by atoms with Gasteiger partial charge < -0.3 is 4.57 Å². The summed E-state index contributed by atoms with van der Waals surface area (Å²) in [4.78, 5) is 4.39. The lowest BCUT2D eigenvalue weighted by Crippen LogP contribution is -1.93. The number of nitrogens with zero attached hydrogens (tertiary/aromatic N) is 2. The predicted molar refractivity (Wildman–Crippen MR) is 58.0 cm³/mol. The maximum atomic E-state index is 5.75.